The molecule has 0 bridgehead atoms. The highest BCUT2D eigenvalue weighted by Crippen LogP contribution is 2.32. The summed E-state index contributed by atoms with van der Waals surface area (Å²) >= 11 is 0. The Labute approximate surface area is 207 Å². The van der Waals surface area contributed by atoms with Crippen LogP contribution in [0, 0.1) is 0 Å². The van der Waals surface area contributed by atoms with E-state index < -0.39 is 11.7 Å². The minimum absolute atomic E-state index is 0.0100. The highest BCUT2D eigenvalue weighted by atomic mass is 19.4. The Kier molecular flexibility index (Phi) is 7.79. The first-order chi connectivity index (χ1) is 17.2. The number of halogens is 3. The van der Waals surface area contributed by atoms with E-state index in [-0.39, 0.29) is 42.2 Å². The molecular formula is C27H29F3N4O2. The molecule has 2 aromatic heterocycles. The Balaban J connectivity index is 1.55. The molecular weight excluding hydrogens is 469 g/mol. The molecule has 4 rings (SSSR count). The molecule has 2 heterocycles. The van der Waals surface area contributed by atoms with Crippen LogP contribution >= 0.6 is 0 Å². The van der Waals surface area contributed by atoms with Gasteiger partial charge in [0.1, 0.15) is 6.26 Å². The van der Waals surface area contributed by atoms with Crippen LogP contribution < -0.4 is 5.32 Å². The highest BCUT2D eigenvalue weighted by Gasteiger charge is 2.33. The van der Waals surface area contributed by atoms with Crippen LogP contribution in [-0.4, -0.2) is 33.4 Å². The number of carbonyl (C=O) groups excluding carboxylic acids is 1. The lowest BCUT2D eigenvalue weighted by atomic mass is 10.1. The van der Waals surface area contributed by atoms with Crippen molar-refractivity contribution < 1.29 is 22.4 Å². The molecule has 0 radical (unpaired) electrons. The van der Waals surface area contributed by atoms with Crippen molar-refractivity contribution in [1.29, 1.82) is 0 Å². The van der Waals surface area contributed by atoms with E-state index in [4.69, 9.17) is 4.42 Å². The van der Waals surface area contributed by atoms with E-state index >= 15 is 0 Å². The smallest absolute Gasteiger partial charge is 0.416 e. The van der Waals surface area contributed by atoms with Crippen molar-refractivity contribution in [3.05, 3.63) is 89.3 Å². The van der Waals surface area contributed by atoms with Crippen LogP contribution in [0.15, 0.2) is 65.4 Å². The number of nitrogens with zero attached hydrogens (tertiary/aromatic N) is 2. The van der Waals surface area contributed by atoms with Crippen molar-refractivity contribution in [3.8, 4) is 0 Å². The zero-order valence-corrected chi connectivity index (χ0v) is 20.2. The molecule has 2 aromatic carbocycles. The first kappa shape index (κ1) is 25.5. The summed E-state index contributed by atoms with van der Waals surface area (Å²) in [4.78, 5) is 21.8. The van der Waals surface area contributed by atoms with Crippen LogP contribution in [0.2, 0.25) is 0 Å². The number of para-hydroxylation sites is 1. The largest absolute Gasteiger partial charge is 0.447 e. The second kappa shape index (κ2) is 11.0. The maximum absolute atomic E-state index is 13.6. The van der Waals surface area contributed by atoms with Crippen molar-refractivity contribution >= 4 is 16.8 Å². The number of nitrogens with one attached hydrogen (secondary N) is 2. The molecule has 0 aliphatic carbocycles. The van der Waals surface area contributed by atoms with Crippen molar-refractivity contribution in [3.63, 3.8) is 0 Å². The Bertz CT molecular complexity index is 1310. The summed E-state index contributed by atoms with van der Waals surface area (Å²) in [5, 5.41) is 3.91. The molecule has 6 nitrogen and oxygen atoms in total. The van der Waals surface area contributed by atoms with Gasteiger partial charge in [-0.3, -0.25) is 9.69 Å². The van der Waals surface area contributed by atoms with Crippen molar-refractivity contribution in [1.82, 2.24) is 20.2 Å². The maximum Gasteiger partial charge on any atom is 0.416 e. The molecule has 0 saturated carbocycles. The Morgan fingerprint density at radius 2 is 1.86 bits per heavy atom. The Hall–Kier alpha value is -3.59. The topological polar surface area (TPSA) is 74.2 Å². The van der Waals surface area contributed by atoms with E-state index in [2.05, 4.69) is 15.3 Å². The average Bonchev–Trinajstić information content (AvgIpc) is 3.49. The average molecular weight is 499 g/mol. The van der Waals surface area contributed by atoms with Gasteiger partial charge < -0.3 is 14.7 Å². The molecule has 0 unspecified atom stereocenters. The van der Waals surface area contributed by atoms with Gasteiger partial charge in [-0.1, -0.05) is 43.3 Å². The quantitative estimate of drug-likeness (QED) is 0.284. The molecule has 0 saturated heterocycles. The third kappa shape index (κ3) is 6.15. The molecule has 2 N–H and O–H groups in total. The van der Waals surface area contributed by atoms with E-state index in [1.54, 1.807) is 6.07 Å². The number of carbonyl (C=O) groups is 1. The zero-order chi connectivity index (χ0) is 25.7. The molecule has 0 fully saturated rings. The number of amides is 1. The lowest BCUT2D eigenvalue weighted by Crippen LogP contribution is -2.32. The normalized spacial score (nSPS) is 12.8. The van der Waals surface area contributed by atoms with Crippen LogP contribution in [0.3, 0.4) is 0 Å². The third-order valence-corrected chi connectivity index (χ3v) is 6.22. The molecule has 4 aromatic rings. The zero-order valence-electron chi connectivity index (χ0n) is 20.2. The first-order valence-electron chi connectivity index (χ1n) is 11.9. The third-order valence-electron chi connectivity index (χ3n) is 6.22. The fourth-order valence-electron chi connectivity index (χ4n) is 4.09. The number of aromatic nitrogens is 2. The molecule has 9 heteroatoms. The van der Waals surface area contributed by atoms with Gasteiger partial charge >= 0.3 is 6.18 Å². The van der Waals surface area contributed by atoms with Gasteiger partial charge in [-0.25, -0.2) is 4.98 Å². The SMILES string of the molecule is CC[C@H](C)NC(=O)c1coc(CN(CCc2c[nH]c3ccccc23)Cc2ccccc2C(F)(F)F)n1. The summed E-state index contributed by atoms with van der Waals surface area (Å²) in [7, 11) is 0. The Morgan fingerprint density at radius 3 is 2.64 bits per heavy atom. The molecule has 0 aliphatic heterocycles. The maximum atomic E-state index is 13.6. The molecule has 36 heavy (non-hydrogen) atoms. The summed E-state index contributed by atoms with van der Waals surface area (Å²) in [6.45, 7) is 4.53. The van der Waals surface area contributed by atoms with E-state index in [1.165, 1.54) is 18.4 Å². The standard InChI is InChI=1S/C27H29F3N4O2/c1-3-18(2)32-26(35)24-17-36-25(33-24)16-34(15-20-8-4-6-10-22(20)27(28,29)30)13-12-19-14-31-23-11-7-5-9-21(19)23/h4-11,14,17-18,31H,3,12-13,15-16H2,1-2H3,(H,32,35)/t18-/m0/s1. The summed E-state index contributed by atoms with van der Waals surface area (Å²) in [6, 6.07) is 13.5. The number of oxazole rings is 1. The van der Waals surface area contributed by atoms with E-state index in [9.17, 15) is 18.0 Å². The minimum Gasteiger partial charge on any atom is -0.447 e. The number of H-pyrrole nitrogens is 1. The lowest BCUT2D eigenvalue weighted by Gasteiger charge is -2.23. The predicted octanol–water partition coefficient (Wildman–Crippen LogP) is 5.95. The van der Waals surface area contributed by atoms with Crippen molar-refractivity contribution in [2.24, 2.45) is 0 Å². The van der Waals surface area contributed by atoms with Gasteiger partial charge in [0.15, 0.2) is 5.69 Å². The minimum atomic E-state index is -4.46. The van der Waals surface area contributed by atoms with Crippen molar-refractivity contribution in [2.75, 3.05) is 6.54 Å². The number of fused-ring (bicyclic) bond motifs is 1. The van der Waals surface area contributed by atoms with Crippen LogP contribution in [0.25, 0.3) is 10.9 Å². The molecule has 1 atom stereocenters. The van der Waals surface area contributed by atoms with Gasteiger partial charge in [-0.15, -0.1) is 0 Å². The van der Waals surface area contributed by atoms with E-state index in [1.807, 2.05) is 49.2 Å². The van der Waals surface area contributed by atoms with Crippen LogP contribution in [0.4, 0.5) is 13.2 Å². The second-order valence-corrected chi connectivity index (χ2v) is 8.88. The molecule has 1 amide bonds. The number of hydrogen-bond acceptors (Lipinski definition) is 4. The number of aromatic amines is 1. The second-order valence-electron chi connectivity index (χ2n) is 8.88. The summed E-state index contributed by atoms with van der Waals surface area (Å²) in [6.07, 6.45) is 0.143. The number of benzene rings is 2. The molecule has 0 aliphatic rings. The number of hydrogen-bond donors (Lipinski definition) is 2. The summed E-state index contributed by atoms with van der Waals surface area (Å²) < 4.78 is 46.4. The van der Waals surface area contributed by atoms with Gasteiger partial charge in [-0.05, 0) is 43.0 Å². The first-order valence-corrected chi connectivity index (χ1v) is 11.9. The number of rotatable bonds is 10. The van der Waals surface area contributed by atoms with Crippen LogP contribution in [0.1, 0.15) is 53.3 Å². The monoisotopic (exact) mass is 498 g/mol. The van der Waals surface area contributed by atoms with Crippen LogP contribution in [0.5, 0.6) is 0 Å². The highest BCUT2D eigenvalue weighted by molar-refractivity contribution is 5.92. The molecule has 0 spiro atoms. The number of alkyl halides is 3. The van der Waals surface area contributed by atoms with E-state index in [0.29, 0.717) is 13.0 Å². The van der Waals surface area contributed by atoms with Crippen molar-refractivity contribution in [2.45, 2.75) is 52.0 Å². The fourth-order valence-corrected chi connectivity index (χ4v) is 4.09. The summed E-state index contributed by atoms with van der Waals surface area (Å²) in [5.74, 6) is -0.0696. The van der Waals surface area contributed by atoms with Gasteiger partial charge in [0.2, 0.25) is 5.89 Å². The fraction of sp³-hybridized carbons (Fsp3) is 0.333. The summed E-state index contributed by atoms with van der Waals surface area (Å²) in [5.41, 5.74) is 1.73. The Morgan fingerprint density at radius 1 is 1.11 bits per heavy atom. The predicted molar refractivity (Wildman–Crippen MR) is 131 cm³/mol. The van der Waals surface area contributed by atoms with Gasteiger partial charge in [0.05, 0.1) is 12.1 Å². The lowest BCUT2D eigenvalue weighted by molar-refractivity contribution is -0.138. The van der Waals surface area contributed by atoms with E-state index in [0.717, 1.165) is 29.0 Å². The van der Waals surface area contributed by atoms with Gasteiger partial charge in [0, 0.05) is 36.2 Å². The van der Waals surface area contributed by atoms with Gasteiger partial charge in [-0.2, -0.15) is 13.2 Å². The van der Waals surface area contributed by atoms with Crippen LogP contribution in [-0.2, 0) is 25.7 Å². The van der Waals surface area contributed by atoms with Gasteiger partial charge in [0.25, 0.3) is 5.91 Å². The molecule has 190 valence electrons.